The highest BCUT2D eigenvalue weighted by Gasteiger charge is 2.33. The molecule has 1 aliphatic carbocycles. The highest BCUT2D eigenvalue weighted by molar-refractivity contribution is 7.99. The summed E-state index contributed by atoms with van der Waals surface area (Å²) in [6, 6.07) is 0. The molecule has 0 amide bonds. The van der Waals surface area contributed by atoms with E-state index in [-0.39, 0.29) is 23.6 Å². The summed E-state index contributed by atoms with van der Waals surface area (Å²) in [7, 11) is 0. The molecule has 0 aromatic heterocycles. The Kier molecular flexibility index (Phi) is 10.00. The fraction of sp³-hybridized carbons (Fsp3) is 0.722. The molecular formula is C18H29ClO3S. The molecule has 0 saturated carbocycles. The van der Waals surface area contributed by atoms with Gasteiger partial charge in [-0.15, -0.1) is 0 Å². The quantitative estimate of drug-likeness (QED) is 0.578. The first kappa shape index (κ1) is 20.6. The molecule has 0 bridgehead atoms. The molecule has 1 N–H and O–H groups in total. The van der Waals surface area contributed by atoms with Crippen LogP contribution < -0.4 is 0 Å². The molecule has 0 aliphatic heterocycles. The van der Waals surface area contributed by atoms with E-state index in [0.717, 1.165) is 25.0 Å². The van der Waals surface area contributed by atoms with E-state index >= 15 is 0 Å². The van der Waals surface area contributed by atoms with Gasteiger partial charge in [-0.1, -0.05) is 38.8 Å². The molecule has 0 radical (unpaired) electrons. The number of thioether (sulfide) groups is 1. The van der Waals surface area contributed by atoms with E-state index in [0.29, 0.717) is 30.3 Å². The standard InChI is InChI=1S/C18H29ClO3S/c1-4-7-17(22-9-6-8-19)18-15(20)11-14(12-16(18)21)10-13(3)23-5-2/h6,8,13-14,17,20H,4-5,7,9-12H2,1-3H3/b8-6+. The molecule has 132 valence electrons. The predicted molar refractivity (Wildman–Crippen MR) is 99.2 cm³/mol. The Labute approximate surface area is 149 Å². The van der Waals surface area contributed by atoms with Crippen molar-refractivity contribution >= 4 is 29.1 Å². The molecule has 0 aromatic carbocycles. The minimum atomic E-state index is -0.330. The number of aliphatic hydroxyl groups excluding tert-OH is 1. The number of carbonyl (C=O) groups is 1. The van der Waals surface area contributed by atoms with Gasteiger partial charge in [-0.05, 0) is 30.6 Å². The maximum atomic E-state index is 12.6. The van der Waals surface area contributed by atoms with Crippen molar-refractivity contribution in [2.45, 2.75) is 64.2 Å². The number of ether oxygens (including phenoxy) is 1. The van der Waals surface area contributed by atoms with Crippen molar-refractivity contribution in [2.75, 3.05) is 12.4 Å². The van der Waals surface area contributed by atoms with Gasteiger partial charge in [0.25, 0.3) is 0 Å². The second kappa shape index (κ2) is 11.2. The van der Waals surface area contributed by atoms with Gasteiger partial charge in [-0.2, -0.15) is 11.8 Å². The maximum absolute atomic E-state index is 12.6. The van der Waals surface area contributed by atoms with Crippen LogP contribution in [0.15, 0.2) is 22.9 Å². The average molecular weight is 361 g/mol. The Hall–Kier alpha value is -0.450. The molecule has 1 aliphatic rings. The monoisotopic (exact) mass is 360 g/mol. The number of ketones is 1. The summed E-state index contributed by atoms with van der Waals surface area (Å²) in [5, 5.41) is 11.0. The first-order valence-corrected chi connectivity index (χ1v) is 9.95. The van der Waals surface area contributed by atoms with Crippen molar-refractivity contribution in [2.24, 2.45) is 5.92 Å². The van der Waals surface area contributed by atoms with Crippen LogP contribution in [0.2, 0.25) is 0 Å². The van der Waals surface area contributed by atoms with Crippen molar-refractivity contribution in [3.05, 3.63) is 22.9 Å². The fourth-order valence-corrected chi connectivity index (χ4v) is 4.17. The Morgan fingerprint density at radius 3 is 2.74 bits per heavy atom. The van der Waals surface area contributed by atoms with Crippen LogP contribution in [0, 0.1) is 5.92 Å². The molecule has 3 unspecified atom stereocenters. The topological polar surface area (TPSA) is 46.5 Å². The summed E-state index contributed by atoms with van der Waals surface area (Å²) in [5.74, 6) is 1.59. The summed E-state index contributed by atoms with van der Waals surface area (Å²) in [6.45, 7) is 6.73. The molecule has 3 atom stereocenters. The van der Waals surface area contributed by atoms with Crippen LogP contribution in [-0.4, -0.2) is 34.6 Å². The first-order valence-electron chi connectivity index (χ1n) is 8.46. The maximum Gasteiger partial charge on any atom is 0.165 e. The van der Waals surface area contributed by atoms with Gasteiger partial charge in [0.05, 0.1) is 18.3 Å². The van der Waals surface area contributed by atoms with Gasteiger partial charge < -0.3 is 9.84 Å². The van der Waals surface area contributed by atoms with Gasteiger partial charge in [0.1, 0.15) is 5.76 Å². The highest BCUT2D eigenvalue weighted by Crippen LogP contribution is 2.34. The number of hydrogen-bond donors (Lipinski definition) is 1. The van der Waals surface area contributed by atoms with Gasteiger partial charge in [0, 0.05) is 23.6 Å². The average Bonchev–Trinajstić information content (AvgIpc) is 2.47. The number of halogens is 1. The summed E-state index contributed by atoms with van der Waals surface area (Å²) in [6.07, 6.45) is 5.06. The summed E-state index contributed by atoms with van der Waals surface area (Å²) in [4.78, 5) is 12.6. The number of aliphatic hydroxyl groups is 1. The number of allylic oxidation sites excluding steroid dienone is 1. The fourth-order valence-electron chi connectivity index (χ4n) is 3.12. The lowest BCUT2D eigenvalue weighted by atomic mass is 9.82. The zero-order valence-corrected chi connectivity index (χ0v) is 16.0. The van der Waals surface area contributed by atoms with Crippen LogP contribution in [0.1, 0.15) is 52.9 Å². The first-order chi connectivity index (χ1) is 11.0. The summed E-state index contributed by atoms with van der Waals surface area (Å²) < 4.78 is 5.74. The van der Waals surface area contributed by atoms with Gasteiger partial charge in [0.2, 0.25) is 0 Å². The van der Waals surface area contributed by atoms with Crippen LogP contribution in [0.4, 0.5) is 0 Å². The third kappa shape index (κ3) is 6.90. The van der Waals surface area contributed by atoms with Crippen molar-refractivity contribution in [3.8, 4) is 0 Å². The third-order valence-electron chi connectivity index (χ3n) is 4.04. The van der Waals surface area contributed by atoms with E-state index < -0.39 is 0 Å². The third-order valence-corrected chi connectivity index (χ3v) is 5.31. The van der Waals surface area contributed by atoms with Crippen molar-refractivity contribution in [1.82, 2.24) is 0 Å². The van der Waals surface area contributed by atoms with Crippen LogP contribution in [0.25, 0.3) is 0 Å². The Morgan fingerprint density at radius 1 is 1.43 bits per heavy atom. The zero-order valence-electron chi connectivity index (χ0n) is 14.4. The SMILES string of the molecule is CCCC(OC/C=C/Cl)C1=C(O)CC(CC(C)SCC)CC1=O. The normalized spacial score (nSPS) is 21.9. The lowest BCUT2D eigenvalue weighted by Crippen LogP contribution is -2.30. The molecule has 0 aromatic rings. The molecule has 1 rings (SSSR count). The lowest BCUT2D eigenvalue weighted by Gasteiger charge is -2.29. The van der Waals surface area contributed by atoms with Crippen molar-refractivity contribution in [3.63, 3.8) is 0 Å². The number of carbonyl (C=O) groups excluding carboxylic acids is 1. The predicted octanol–water partition coefficient (Wildman–Crippen LogP) is 5.25. The van der Waals surface area contributed by atoms with E-state index in [4.69, 9.17) is 16.3 Å². The number of Topliss-reactive ketones (excluding diaryl/α,β-unsaturated/α-hetero) is 1. The smallest absolute Gasteiger partial charge is 0.165 e. The van der Waals surface area contributed by atoms with Crippen LogP contribution in [0.5, 0.6) is 0 Å². The molecule has 23 heavy (non-hydrogen) atoms. The molecular weight excluding hydrogens is 332 g/mol. The van der Waals surface area contributed by atoms with Crippen molar-refractivity contribution < 1.29 is 14.6 Å². The van der Waals surface area contributed by atoms with Gasteiger partial charge in [0.15, 0.2) is 5.78 Å². The molecule has 0 saturated heterocycles. The van der Waals surface area contributed by atoms with Crippen LogP contribution in [-0.2, 0) is 9.53 Å². The van der Waals surface area contributed by atoms with E-state index in [9.17, 15) is 9.90 Å². The number of hydrogen-bond acceptors (Lipinski definition) is 4. The minimum absolute atomic E-state index is 0.0424. The lowest BCUT2D eigenvalue weighted by molar-refractivity contribution is -0.119. The zero-order chi connectivity index (χ0) is 17.2. The van der Waals surface area contributed by atoms with Crippen molar-refractivity contribution in [1.29, 1.82) is 0 Å². The van der Waals surface area contributed by atoms with E-state index in [1.807, 2.05) is 18.7 Å². The Balaban J connectivity index is 2.77. The molecule has 0 spiro atoms. The van der Waals surface area contributed by atoms with Gasteiger partial charge >= 0.3 is 0 Å². The van der Waals surface area contributed by atoms with E-state index in [1.54, 1.807) is 6.08 Å². The second-order valence-electron chi connectivity index (χ2n) is 6.03. The Morgan fingerprint density at radius 2 is 2.17 bits per heavy atom. The second-order valence-corrected chi connectivity index (χ2v) is 8.00. The van der Waals surface area contributed by atoms with Gasteiger partial charge in [-0.25, -0.2) is 0 Å². The van der Waals surface area contributed by atoms with Crippen LogP contribution >= 0.6 is 23.4 Å². The molecule has 5 heteroatoms. The van der Waals surface area contributed by atoms with E-state index in [1.165, 1.54) is 5.54 Å². The highest BCUT2D eigenvalue weighted by atomic mass is 35.5. The molecule has 3 nitrogen and oxygen atoms in total. The summed E-state index contributed by atoms with van der Waals surface area (Å²) in [5.41, 5.74) is 1.89. The molecule has 0 heterocycles. The number of rotatable bonds is 10. The molecule has 0 fully saturated rings. The largest absolute Gasteiger partial charge is 0.512 e. The van der Waals surface area contributed by atoms with Gasteiger partial charge in [-0.3, -0.25) is 4.79 Å². The van der Waals surface area contributed by atoms with Crippen LogP contribution in [0.3, 0.4) is 0 Å². The summed E-state index contributed by atoms with van der Waals surface area (Å²) >= 11 is 7.41. The minimum Gasteiger partial charge on any atom is -0.512 e. The Bertz CT molecular complexity index is 434. The van der Waals surface area contributed by atoms with E-state index in [2.05, 4.69) is 13.8 Å².